The monoisotopic (exact) mass is 286 g/mol. The van der Waals surface area contributed by atoms with Crippen LogP contribution in [0.1, 0.15) is 0 Å². The van der Waals surface area contributed by atoms with Crippen LogP contribution in [0.25, 0.3) is 0 Å². The molecule has 5 nitrogen and oxygen atoms in total. The predicted octanol–water partition coefficient (Wildman–Crippen LogP) is 0.403. The van der Waals surface area contributed by atoms with E-state index in [2.05, 4.69) is 27.1 Å². The Morgan fingerprint density at radius 3 is 2.79 bits per heavy atom. The van der Waals surface area contributed by atoms with E-state index in [-0.39, 0.29) is 0 Å². The van der Waals surface area contributed by atoms with Gasteiger partial charge in [-0.25, -0.2) is 0 Å². The molecule has 1 heterocycles. The van der Waals surface area contributed by atoms with Gasteiger partial charge in [0, 0.05) is 51.3 Å². The van der Waals surface area contributed by atoms with Gasteiger partial charge in [0.25, 0.3) is 0 Å². The van der Waals surface area contributed by atoms with Gasteiger partial charge in [0.15, 0.2) is 5.96 Å². The fraction of sp³-hybridized carbons (Fsp3) is 0.769. The van der Waals surface area contributed by atoms with E-state index in [9.17, 15) is 0 Å². The van der Waals surface area contributed by atoms with Crippen LogP contribution in [-0.2, 0) is 4.74 Å². The molecule has 1 saturated heterocycles. The maximum atomic E-state index is 5.33. The van der Waals surface area contributed by atoms with Crippen LogP contribution < -0.4 is 10.6 Å². The Morgan fingerprint density at radius 1 is 1.37 bits per heavy atom. The average Bonchev–Trinajstić information content (AvgIpc) is 2.46. The van der Waals surface area contributed by atoms with Crippen LogP contribution in [-0.4, -0.2) is 75.4 Å². The second-order valence-corrected chi connectivity index (χ2v) is 5.39. The molecular formula is C13H26N4OS. The predicted molar refractivity (Wildman–Crippen MR) is 84.1 cm³/mol. The molecule has 0 saturated carbocycles. The summed E-state index contributed by atoms with van der Waals surface area (Å²) in [4.78, 5) is 6.62. The van der Waals surface area contributed by atoms with Crippen molar-refractivity contribution in [3.63, 3.8) is 0 Å². The molecule has 0 amide bonds. The fourth-order valence-electron chi connectivity index (χ4n) is 1.79. The number of ether oxygens (including phenoxy) is 1. The standard InChI is InChI=1S/C13H26N4OS/c1-3-11-19-12-5-16-13(14-2)15-4-6-17-7-9-18-10-8-17/h3H,1,4-12H2,2H3,(H2,14,15,16). The lowest BCUT2D eigenvalue weighted by Crippen LogP contribution is -2.44. The first kappa shape index (κ1) is 16.3. The van der Waals surface area contributed by atoms with Crippen molar-refractivity contribution in [2.45, 2.75) is 0 Å². The highest BCUT2D eigenvalue weighted by Crippen LogP contribution is 1.97. The molecule has 1 aliphatic rings. The van der Waals surface area contributed by atoms with E-state index in [4.69, 9.17) is 4.74 Å². The number of rotatable bonds is 8. The molecular weight excluding hydrogens is 260 g/mol. The summed E-state index contributed by atoms with van der Waals surface area (Å²) in [5, 5.41) is 6.64. The molecule has 1 aliphatic heterocycles. The van der Waals surface area contributed by atoms with Gasteiger partial charge in [-0.1, -0.05) is 6.08 Å². The van der Waals surface area contributed by atoms with Gasteiger partial charge in [0.2, 0.25) is 0 Å². The van der Waals surface area contributed by atoms with Gasteiger partial charge >= 0.3 is 0 Å². The largest absolute Gasteiger partial charge is 0.379 e. The van der Waals surface area contributed by atoms with E-state index < -0.39 is 0 Å². The second kappa shape index (κ2) is 11.1. The molecule has 1 rings (SSSR count). The van der Waals surface area contributed by atoms with E-state index in [0.29, 0.717) is 0 Å². The molecule has 0 aliphatic carbocycles. The molecule has 0 bridgehead atoms. The summed E-state index contributed by atoms with van der Waals surface area (Å²) in [6.07, 6.45) is 1.93. The molecule has 0 aromatic carbocycles. The number of morpholine rings is 1. The first-order valence-electron chi connectivity index (χ1n) is 6.80. The van der Waals surface area contributed by atoms with Crippen molar-refractivity contribution >= 4 is 17.7 Å². The van der Waals surface area contributed by atoms with E-state index in [1.165, 1.54) is 0 Å². The summed E-state index contributed by atoms with van der Waals surface area (Å²) in [5.41, 5.74) is 0. The first-order valence-corrected chi connectivity index (χ1v) is 7.95. The van der Waals surface area contributed by atoms with Crippen LogP contribution in [0.5, 0.6) is 0 Å². The minimum Gasteiger partial charge on any atom is -0.379 e. The fourth-order valence-corrected chi connectivity index (χ4v) is 2.37. The van der Waals surface area contributed by atoms with Crippen molar-refractivity contribution in [1.29, 1.82) is 0 Å². The molecule has 19 heavy (non-hydrogen) atoms. The van der Waals surface area contributed by atoms with Crippen molar-refractivity contribution in [2.75, 3.05) is 64.5 Å². The Hall–Kier alpha value is -0.720. The van der Waals surface area contributed by atoms with Gasteiger partial charge in [-0.2, -0.15) is 11.8 Å². The van der Waals surface area contributed by atoms with Crippen LogP contribution >= 0.6 is 11.8 Å². The van der Waals surface area contributed by atoms with Gasteiger partial charge in [-0.3, -0.25) is 9.89 Å². The summed E-state index contributed by atoms with van der Waals surface area (Å²) in [5.74, 6) is 2.95. The highest BCUT2D eigenvalue weighted by Gasteiger charge is 2.09. The van der Waals surface area contributed by atoms with Gasteiger partial charge < -0.3 is 15.4 Å². The molecule has 110 valence electrons. The minimum absolute atomic E-state index is 0.855. The zero-order valence-corrected chi connectivity index (χ0v) is 12.7. The van der Waals surface area contributed by atoms with Gasteiger partial charge in [-0.15, -0.1) is 6.58 Å². The molecule has 6 heteroatoms. The molecule has 0 aromatic heterocycles. The van der Waals surface area contributed by atoms with Gasteiger partial charge in [0.05, 0.1) is 13.2 Å². The van der Waals surface area contributed by atoms with E-state index in [1.807, 2.05) is 17.8 Å². The maximum Gasteiger partial charge on any atom is 0.191 e. The van der Waals surface area contributed by atoms with Gasteiger partial charge in [-0.05, 0) is 0 Å². The van der Waals surface area contributed by atoms with E-state index >= 15 is 0 Å². The lowest BCUT2D eigenvalue weighted by molar-refractivity contribution is 0.0389. The Morgan fingerprint density at radius 2 is 2.11 bits per heavy atom. The SMILES string of the molecule is C=CCSCCNC(=NC)NCCN1CCOCC1. The number of thioether (sulfide) groups is 1. The molecule has 0 spiro atoms. The summed E-state index contributed by atoms with van der Waals surface area (Å²) < 4.78 is 5.33. The Kier molecular flexibility index (Phi) is 9.57. The Balaban J connectivity index is 2.02. The molecule has 0 aromatic rings. The highest BCUT2D eigenvalue weighted by atomic mass is 32.2. The quantitative estimate of drug-likeness (QED) is 0.293. The lowest BCUT2D eigenvalue weighted by Gasteiger charge is -2.26. The Labute approximate surface area is 120 Å². The maximum absolute atomic E-state index is 5.33. The smallest absolute Gasteiger partial charge is 0.191 e. The zero-order chi connectivity index (χ0) is 13.8. The van der Waals surface area contributed by atoms with Crippen molar-refractivity contribution in [3.8, 4) is 0 Å². The van der Waals surface area contributed by atoms with E-state index in [0.717, 1.165) is 63.4 Å². The van der Waals surface area contributed by atoms with Crippen LogP contribution in [0.15, 0.2) is 17.6 Å². The number of nitrogens with zero attached hydrogens (tertiary/aromatic N) is 2. The number of hydrogen-bond donors (Lipinski definition) is 2. The molecule has 0 unspecified atom stereocenters. The van der Waals surface area contributed by atoms with Crippen molar-refractivity contribution < 1.29 is 4.74 Å². The number of nitrogens with one attached hydrogen (secondary N) is 2. The van der Waals surface area contributed by atoms with Crippen LogP contribution in [0.3, 0.4) is 0 Å². The lowest BCUT2D eigenvalue weighted by atomic mass is 10.4. The number of guanidine groups is 1. The highest BCUT2D eigenvalue weighted by molar-refractivity contribution is 7.99. The topological polar surface area (TPSA) is 48.9 Å². The third kappa shape index (κ3) is 8.13. The Bertz CT molecular complexity index is 267. The molecule has 1 fully saturated rings. The second-order valence-electron chi connectivity index (χ2n) is 4.24. The van der Waals surface area contributed by atoms with Crippen molar-refractivity contribution in [3.05, 3.63) is 12.7 Å². The molecule has 0 atom stereocenters. The van der Waals surface area contributed by atoms with Crippen molar-refractivity contribution in [1.82, 2.24) is 15.5 Å². The van der Waals surface area contributed by atoms with Crippen LogP contribution in [0.2, 0.25) is 0 Å². The van der Waals surface area contributed by atoms with Gasteiger partial charge in [0.1, 0.15) is 0 Å². The summed E-state index contributed by atoms with van der Waals surface area (Å²) >= 11 is 1.87. The van der Waals surface area contributed by atoms with Crippen molar-refractivity contribution in [2.24, 2.45) is 4.99 Å². The number of hydrogen-bond acceptors (Lipinski definition) is 4. The zero-order valence-electron chi connectivity index (χ0n) is 11.9. The average molecular weight is 286 g/mol. The summed E-state index contributed by atoms with van der Waals surface area (Å²) in [6, 6.07) is 0. The summed E-state index contributed by atoms with van der Waals surface area (Å²) in [6.45, 7) is 10.4. The summed E-state index contributed by atoms with van der Waals surface area (Å²) in [7, 11) is 1.81. The normalized spacial score (nSPS) is 17.2. The first-order chi connectivity index (χ1) is 9.36. The third-order valence-electron chi connectivity index (χ3n) is 2.82. The molecule has 0 radical (unpaired) electrons. The molecule has 2 N–H and O–H groups in total. The third-order valence-corrected chi connectivity index (χ3v) is 3.79. The van der Waals surface area contributed by atoms with Crippen LogP contribution in [0, 0.1) is 0 Å². The number of aliphatic imine (C=N–C) groups is 1. The van der Waals surface area contributed by atoms with E-state index in [1.54, 1.807) is 7.05 Å². The minimum atomic E-state index is 0.855. The van der Waals surface area contributed by atoms with Crippen LogP contribution in [0.4, 0.5) is 0 Å².